The number of anilines is 1. The SMILES string of the molecule is CC(F)(F)c1ccc(C(=O)Nc2nnc(C3CC3)s2)cc1. The summed E-state index contributed by atoms with van der Waals surface area (Å²) in [7, 11) is 0. The first-order valence-corrected chi connectivity index (χ1v) is 7.38. The fourth-order valence-electron chi connectivity index (χ4n) is 1.86. The molecule has 1 fully saturated rings. The predicted octanol–water partition coefficient (Wildman–Crippen LogP) is 3.78. The molecule has 1 aromatic heterocycles. The maximum Gasteiger partial charge on any atom is 0.270 e. The number of alkyl halides is 2. The van der Waals surface area contributed by atoms with Gasteiger partial charge in [-0.15, -0.1) is 10.2 Å². The van der Waals surface area contributed by atoms with Crippen molar-refractivity contribution >= 4 is 22.4 Å². The molecule has 1 aliphatic rings. The summed E-state index contributed by atoms with van der Waals surface area (Å²) in [6.07, 6.45) is 2.24. The highest BCUT2D eigenvalue weighted by molar-refractivity contribution is 7.15. The van der Waals surface area contributed by atoms with E-state index in [-0.39, 0.29) is 11.5 Å². The molecule has 1 amide bonds. The van der Waals surface area contributed by atoms with Crippen LogP contribution < -0.4 is 5.32 Å². The lowest BCUT2D eigenvalue weighted by molar-refractivity contribution is 0.0174. The van der Waals surface area contributed by atoms with Crippen molar-refractivity contribution in [3.63, 3.8) is 0 Å². The average Bonchev–Trinajstić information content (AvgIpc) is 3.19. The monoisotopic (exact) mass is 309 g/mol. The highest BCUT2D eigenvalue weighted by Gasteiger charge is 2.28. The number of hydrogen-bond acceptors (Lipinski definition) is 4. The van der Waals surface area contributed by atoms with Crippen molar-refractivity contribution in [1.82, 2.24) is 10.2 Å². The molecule has 4 nitrogen and oxygen atoms in total. The fourth-order valence-corrected chi connectivity index (χ4v) is 2.77. The highest BCUT2D eigenvalue weighted by atomic mass is 32.1. The quantitative estimate of drug-likeness (QED) is 0.935. The molecule has 21 heavy (non-hydrogen) atoms. The Kier molecular flexibility index (Phi) is 3.44. The lowest BCUT2D eigenvalue weighted by Crippen LogP contribution is -2.13. The van der Waals surface area contributed by atoms with Crippen LogP contribution in [0, 0.1) is 0 Å². The van der Waals surface area contributed by atoms with Gasteiger partial charge >= 0.3 is 0 Å². The van der Waals surface area contributed by atoms with E-state index in [1.54, 1.807) is 0 Å². The Bertz CT molecular complexity index is 660. The van der Waals surface area contributed by atoms with Crippen molar-refractivity contribution in [2.45, 2.75) is 31.6 Å². The van der Waals surface area contributed by atoms with Crippen LogP contribution in [0.3, 0.4) is 0 Å². The van der Waals surface area contributed by atoms with E-state index in [1.165, 1.54) is 35.6 Å². The minimum absolute atomic E-state index is 0.119. The van der Waals surface area contributed by atoms with Crippen LogP contribution in [-0.4, -0.2) is 16.1 Å². The summed E-state index contributed by atoms with van der Waals surface area (Å²) in [4.78, 5) is 12.0. The molecule has 2 aromatic rings. The normalized spacial score (nSPS) is 15.0. The van der Waals surface area contributed by atoms with Crippen molar-refractivity contribution in [1.29, 1.82) is 0 Å². The van der Waals surface area contributed by atoms with E-state index in [9.17, 15) is 13.6 Å². The first kappa shape index (κ1) is 14.1. The second kappa shape index (κ2) is 5.14. The van der Waals surface area contributed by atoms with Crippen molar-refractivity contribution in [3.05, 3.63) is 40.4 Å². The number of nitrogens with zero attached hydrogens (tertiary/aromatic N) is 2. The molecule has 0 bridgehead atoms. The zero-order valence-corrected chi connectivity index (χ0v) is 12.1. The summed E-state index contributed by atoms with van der Waals surface area (Å²) in [5, 5.41) is 12.0. The second-order valence-electron chi connectivity index (χ2n) is 5.14. The zero-order chi connectivity index (χ0) is 15.0. The van der Waals surface area contributed by atoms with Crippen LogP contribution in [0.1, 0.15) is 46.6 Å². The molecule has 1 aliphatic carbocycles. The van der Waals surface area contributed by atoms with Crippen LogP contribution in [-0.2, 0) is 5.92 Å². The van der Waals surface area contributed by atoms with Gasteiger partial charge in [0.1, 0.15) is 5.01 Å². The molecule has 0 atom stereocenters. The number of benzene rings is 1. The lowest BCUT2D eigenvalue weighted by Gasteiger charge is -2.10. The molecule has 110 valence electrons. The molecule has 1 aromatic carbocycles. The van der Waals surface area contributed by atoms with Crippen LogP contribution in [0.5, 0.6) is 0 Å². The molecule has 3 rings (SSSR count). The third-order valence-electron chi connectivity index (χ3n) is 3.24. The van der Waals surface area contributed by atoms with Crippen molar-refractivity contribution in [2.24, 2.45) is 0 Å². The van der Waals surface area contributed by atoms with E-state index < -0.39 is 5.92 Å². The van der Waals surface area contributed by atoms with Gasteiger partial charge in [0.25, 0.3) is 11.8 Å². The standard InChI is InChI=1S/C14H13F2N3OS/c1-14(15,16)10-6-4-8(5-7-10)11(20)17-13-19-18-12(21-13)9-2-3-9/h4-7,9H,2-3H2,1H3,(H,17,19,20). The fraction of sp³-hybridized carbons (Fsp3) is 0.357. The molecule has 7 heteroatoms. The maximum atomic E-state index is 13.1. The Labute approximate surface area is 124 Å². The van der Waals surface area contributed by atoms with E-state index in [1.807, 2.05) is 0 Å². The summed E-state index contributed by atoms with van der Waals surface area (Å²) in [6.45, 7) is 0.822. The number of amides is 1. The largest absolute Gasteiger partial charge is 0.296 e. The van der Waals surface area contributed by atoms with Gasteiger partial charge in [0.15, 0.2) is 0 Å². The molecular weight excluding hydrogens is 296 g/mol. The smallest absolute Gasteiger partial charge is 0.270 e. The molecule has 0 radical (unpaired) electrons. The Hall–Kier alpha value is -1.89. The van der Waals surface area contributed by atoms with E-state index in [0.717, 1.165) is 24.8 Å². The number of carbonyl (C=O) groups excluding carboxylic acids is 1. The van der Waals surface area contributed by atoms with Crippen molar-refractivity contribution < 1.29 is 13.6 Å². The van der Waals surface area contributed by atoms with Gasteiger partial charge < -0.3 is 0 Å². The molecule has 1 heterocycles. The van der Waals surface area contributed by atoms with Gasteiger partial charge in [0.2, 0.25) is 5.13 Å². The second-order valence-corrected chi connectivity index (χ2v) is 6.15. The number of aromatic nitrogens is 2. The minimum atomic E-state index is -2.91. The third kappa shape index (κ3) is 3.24. The van der Waals surface area contributed by atoms with Gasteiger partial charge in [-0.25, -0.2) is 8.78 Å². The third-order valence-corrected chi connectivity index (χ3v) is 4.24. The van der Waals surface area contributed by atoms with Gasteiger partial charge in [-0.1, -0.05) is 23.5 Å². The van der Waals surface area contributed by atoms with E-state index in [0.29, 0.717) is 16.6 Å². The minimum Gasteiger partial charge on any atom is -0.296 e. The zero-order valence-electron chi connectivity index (χ0n) is 11.3. The molecule has 1 saturated carbocycles. The summed E-state index contributed by atoms with van der Waals surface area (Å²) in [5.74, 6) is -2.80. The van der Waals surface area contributed by atoms with Gasteiger partial charge in [-0.3, -0.25) is 10.1 Å². The van der Waals surface area contributed by atoms with Crippen LogP contribution in [0.15, 0.2) is 24.3 Å². The maximum absolute atomic E-state index is 13.1. The van der Waals surface area contributed by atoms with Crippen LogP contribution in [0.4, 0.5) is 13.9 Å². The predicted molar refractivity (Wildman–Crippen MR) is 75.8 cm³/mol. The summed E-state index contributed by atoms with van der Waals surface area (Å²) < 4.78 is 26.2. The van der Waals surface area contributed by atoms with Crippen molar-refractivity contribution in [2.75, 3.05) is 5.32 Å². The van der Waals surface area contributed by atoms with Crippen LogP contribution in [0.2, 0.25) is 0 Å². The number of halogens is 2. The Morgan fingerprint density at radius 2 is 1.95 bits per heavy atom. The van der Waals surface area contributed by atoms with Gasteiger partial charge in [-0.05, 0) is 25.0 Å². The molecule has 1 N–H and O–H groups in total. The van der Waals surface area contributed by atoms with Gasteiger partial charge in [-0.2, -0.15) is 0 Å². The number of hydrogen-bond donors (Lipinski definition) is 1. The molecular formula is C14H13F2N3OS. The topological polar surface area (TPSA) is 54.9 Å². The molecule has 0 spiro atoms. The number of carbonyl (C=O) groups is 1. The van der Waals surface area contributed by atoms with E-state index in [2.05, 4.69) is 15.5 Å². The van der Waals surface area contributed by atoms with Crippen LogP contribution in [0.25, 0.3) is 0 Å². The first-order chi connectivity index (χ1) is 9.93. The van der Waals surface area contributed by atoms with Crippen LogP contribution >= 0.6 is 11.3 Å². The Morgan fingerprint density at radius 3 is 2.52 bits per heavy atom. The van der Waals surface area contributed by atoms with Gasteiger partial charge in [0.05, 0.1) is 0 Å². The Morgan fingerprint density at radius 1 is 1.29 bits per heavy atom. The lowest BCUT2D eigenvalue weighted by atomic mass is 10.1. The molecule has 0 aliphatic heterocycles. The summed E-state index contributed by atoms with van der Waals surface area (Å²) in [6, 6.07) is 5.27. The highest BCUT2D eigenvalue weighted by Crippen LogP contribution is 2.42. The molecule has 0 saturated heterocycles. The van der Waals surface area contributed by atoms with Crippen molar-refractivity contribution in [3.8, 4) is 0 Å². The average molecular weight is 309 g/mol. The number of rotatable bonds is 4. The molecule has 0 unspecified atom stereocenters. The van der Waals surface area contributed by atoms with Gasteiger partial charge in [0, 0.05) is 24.0 Å². The van der Waals surface area contributed by atoms with E-state index >= 15 is 0 Å². The summed E-state index contributed by atoms with van der Waals surface area (Å²) >= 11 is 1.36. The van der Waals surface area contributed by atoms with E-state index in [4.69, 9.17) is 0 Å². The number of nitrogens with one attached hydrogen (secondary N) is 1. The first-order valence-electron chi connectivity index (χ1n) is 6.56. The Balaban J connectivity index is 1.69. The summed E-state index contributed by atoms with van der Waals surface area (Å²) in [5.41, 5.74) is 0.192.